The highest BCUT2D eigenvalue weighted by atomic mass is 16.7. The second-order valence-electron chi connectivity index (χ2n) is 4.56. The Morgan fingerprint density at radius 1 is 1.40 bits per heavy atom. The number of fused-ring (bicyclic) bond motifs is 1. The lowest BCUT2D eigenvalue weighted by Crippen LogP contribution is -2.27. The lowest BCUT2D eigenvalue weighted by molar-refractivity contribution is -0.671. The number of imidazole rings is 1. The van der Waals surface area contributed by atoms with E-state index in [-0.39, 0.29) is 12.8 Å². The molecule has 1 aromatic carbocycles. The summed E-state index contributed by atoms with van der Waals surface area (Å²) in [6.07, 6.45) is 5.52. The highest BCUT2D eigenvalue weighted by Gasteiger charge is 2.30. The van der Waals surface area contributed by atoms with Crippen LogP contribution >= 0.6 is 0 Å². The third-order valence-corrected chi connectivity index (χ3v) is 3.22. The molecule has 0 amide bonds. The molecular weight excluding hydrogens is 260 g/mol. The summed E-state index contributed by atoms with van der Waals surface area (Å²) < 4.78 is 19.2. The SMILES string of the molecule is COC(=O)C(c1ccc2c(c1)OCO2)n1cc[n+](C)c1. The van der Waals surface area contributed by atoms with Gasteiger partial charge in [0, 0.05) is 5.56 Å². The van der Waals surface area contributed by atoms with Gasteiger partial charge in [0.2, 0.25) is 19.2 Å². The summed E-state index contributed by atoms with van der Waals surface area (Å²) in [5.74, 6) is 1.00. The number of aryl methyl sites for hydroxylation is 1. The van der Waals surface area contributed by atoms with Crippen molar-refractivity contribution in [2.75, 3.05) is 13.9 Å². The van der Waals surface area contributed by atoms with E-state index in [1.165, 1.54) is 7.11 Å². The summed E-state index contributed by atoms with van der Waals surface area (Å²) in [6, 6.07) is 4.91. The first-order chi connectivity index (χ1) is 9.69. The van der Waals surface area contributed by atoms with E-state index in [0.29, 0.717) is 11.5 Å². The molecule has 1 unspecified atom stereocenters. The van der Waals surface area contributed by atoms with Crippen LogP contribution in [0.5, 0.6) is 11.5 Å². The molecule has 0 spiro atoms. The van der Waals surface area contributed by atoms with E-state index in [0.717, 1.165) is 5.56 Å². The fourth-order valence-corrected chi connectivity index (χ4v) is 2.25. The largest absolute Gasteiger partial charge is 0.466 e. The van der Waals surface area contributed by atoms with Crippen molar-refractivity contribution < 1.29 is 23.6 Å². The van der Waals surface area contributed by atoms with Crippen molar-refractivity contribution in [1.82, 2.24) is 4.57 Å². The van der Waals surface area contributed by atoms with Crippen molar-refractivity contribution in [3.63, 3.8) is 0 Å². The molecule has 0 bridgehead atoms. The minimum Gasteiger partial charge on any atom is -0.466 e. The Bertz CT molecular complexity index is 650. The molecule has 1 aliphatic rings. The summed E-state index contributed by atoms with van der Waals surface area (Å²) in [5.41, 5.74) is 0.789. The highest BCUT2D eigenvalue weighted by Crippen LogP contribution is 2.35. The Labute approximate surface area is 116 Å². The van der Waals surface area contributed by atoms with Crippen LogP contribution in [-0.4, -0.2) is 24.4 Å². The molecule has 0 N–H and O–H groups in total. The van der Waals surface area contributed by atoms with Crippen LogP contribution in [0.4, 0.5) is 0 Å². The zero-order valence-electron chi connectivity index (χ0n) is 11.3. The van der Waals surface area contributed by atoms with E-state index >= 15 is 0 Å². The Balaban J connectivity index is 2.03. The molecule has 0 aliphatic carbocycles. The summed E-state index contributed by atoms with van der Waals surface area (Å²) >= 11 is 0. The van der Waals surface area contributed by atoms with Gasteiger partial charge in [-0.2, -0.15) is 0 Å². The number of aromatic nitrogens is 2. The van der Waals surface area contributed by atoms with Crippen molar-refractivity contribution in [2.24, 2.45) is 7.05 Å². The van der Waals surface area contributed by atoms with E-state index in [2.05, 4.69) is 0 Å². The molecule has 1 aromatic heterocycles. The first-order valence-electron chi connectivity index (χ1n) is 6.19. The molecule has 0 fully saturated rings. The molecule has 0 saturated carbocycles. The van der Waals surface area contributed by atoms with Gasteiger partial charge in [-0.3, -0.25) is 0 Å². The normalized spacial score (nSPS) is 14.1. The maximum atomic E-state index is 12.1. The first kappa shape index (κ1) is 12.5. The molecule has 0 saturated heterocycles. The lowest BCUT2D eigenvalue weighted by Gasteiger charge is -2.12. The molecule has 0 radical (unpaired) electrons. The van der Waals surface area contributed by atoms with Gasteiger partial charge in [0.05, 0.1) is 14.2 Å². The van der Waals surface area contributed by atoms with Crippen LogP contribution in [0.25, 0.3) is 0 Å². The van der Waals surface area contributed by atoms with Crippen molar-refractivity contribution in [1.29, 1.82) is 0 Å². The van der Waals surface area contributed by atoms with Gasteiger partial charge in [-0.05, 0) is 12.1 Å². The molecule has 6 heteroatoms. The summed E-state index contributed by atoms with van der Waals surface area (Å²) in [6.45, 7) is 0.208. The van der Waals surface area contributed by atoms with Gasteiger partial charge in [0.1, 0.15) is 12.4 Å². The van der Waals surface area contributed by atoms with Crippen molar-refractivity contribution >= 4 is 5.97 Å². The zero-order chi connectivity index (χ0) is 14.1. The Kier molecular flexibility index (Phi) is 3.06. The molecule has 6 nitrogen and oxygen atoms in total. The Morgan fingerprint density at radius 3 is 2.90 bits per heavy atom. The summed E-state index contributed by atoms with van der Waals surface area (Å²) in [4.78, 5) is 12.1. The van der Waals surface area contributed by atoms with Crippen LogP contribution in [0.15, 0.2) is 36.9 Å². The fraction of sp³-hybridized carbons (Fsp3) is 0.286. The van der Waals surface area contributed by atoms with E-state index in [1.54, 1.807) is 10.6 Å². The van der Waals surface area contributed by atoms with Crippen LogP contribution in [0.1, 0.15) is 11.6 Å². The molecule has 1 aliphatic heterocycles. The number of carbonyl (C=O) groups is 1. The van der Waals surface area contributed by atoms with Gasteiger partial charge in [-0.15, -0.1) is 0 Å². The molecule has 104 valence electrons. The predicted molar refractivity (Wildman–Crippen MR) is 68.3 cm³/mol. The Hall–Kier alpha value is -2.50. The predicted octanol–water partition coefficient (Wildman–Crippen LogP) is 0.804. The average Bonchev–Trinajstić information content (AvgIpc) is 3.07. The molecule has 20 heavy (non-hydrogen) atoms. The van der Waals surface area contributed by atoms with E-state index in [1.807, 2.05) is 42.5 Å². The van der Waals surface area contributed by atoms with Crippen LogP contribution < -0.4 is 14.0 Å². The summed E-state index contributed by atoms with van der Waals surface area (Å²) in [7, 11) is 3.27. The maximum absolute atomic E-state index is 12.1. The maximum Gasteiger partial charge on any atom is 0.356 e. The number of methoxy groups -OCH3 is 1. The molecule has 1 atom stereocenters. The monoisotopic (exact) mass is 275 g/mol. The van der Waals surface area contributed by atoms with Crippen molar-refractivity contribution in [3.8, 4) is 11.5 Å². The van der Waals surface area contributed by atoms with E-state index in [9.17, 15) is 4.79 Å². The van der Waals surface area contributed by atoms with Crippen molar-refractivity contribution in [2.45, 2.75) is 6.04 Å². The Morgan fingerprint density at radius 2 is 2.20 bits per heavy atom. The third-order valence-electron chi connectivity index (χ3n) is 3.22. The molecule has 3 rings (SSSR count). The number of carbonyl (C=O) groups excluding carboxylic acids is 1. The smallest absolute Gasteiger partial charge is 0.356 e. The van der Waals surface area contributed by atoms with E-state index in [4.69, 9.17) is 14.2 Å². The number of rotatable bonds is 3. The lowest BCUT2D eigenvalue weighted by atomic mass is 10.1. The molecule has 2 aromatic rings. The first-order valence-corrected chi connectivity index (χ1v) is 6.19. The fourth-order valence-electron chi connectivity index (χ4n) is 2.25. The van der Waals surface area contributed by atoms with Gasteiger partial charge in [-0.25, -0.2) is 13.9 Å². The quantitative estimate of drug-likeness (QED) is 0.614. The topological polar surface area (TPSA) is 53.6 Å². The van der Waals surface area contributed by atoms with Gasteiger partial charge in [0.25, 0.3) is 0 Å². The number of hydrogen-bond acceptors (Lipinski definition) is 4. The average molecular weight is 275 g/mol. The zero-order valence-corrected chi connectivity index (χ0v) is 11.3. The van der Waals surface area contributed by atoms with Crippen LogP contribution in [0, 0.1) is 0 Å². The minimum absolute atomic E-state index is 0.208. The summed E-state index contributed by atoms with van der Waals surface area (Å²) in [5, 5.41) is 0. The van der Waals surface area contributed by atoms with Gasteiger partial charge in [-0.1, -0.05) is 6.07 Å². The van der Waals surface area contributed by atoms with E-state index < -0.39 is 6.04 Å². The second kappa shape index (κ2) is 4.88. The van der Waals surface area contributed by atoms with Crippen molar-refractivity contribution in [3.05, 3.63) is 42.5 Å². The van der Waals surface area contributed by atoms with Crippen LogP contribution in [-0.2, 0) is 16.6 Å². The van der Waals surface area contributed by atoms with Gasteiger partial charge >= 0.3 is 5.97 Å². The van der Waals surface area contributed by atoms with Gasteiger partial charge in [0.15, 0.2) is 11.5 Å². The van der Waals surface area contributed by atoms with Crippen LogP contribution in [0.3, 0.4) is 0 Å². The number of esters is 1. The second-order valence-corrected chi connectivity index (χ2v) is 4.56. The number of nitrogens with zero attached hydrogens (tertiary/aromatic N) is 2. The number of ether oxygens (including phenoxy) is 3. The third kappa shape index (κ3) is 2.09. The standard InChI is InChI=1S/C14H15N2O4/c1-15-5-6-16(8-15)13(14(17)18-2)10-3-4-11-12(7-10)20-9-19-11/h3-8,13H,9H2,1-2H3/q+1. The molecular formula is C14H15N2O4+. The molecule has 2 heterocycles. The van der Waals surface area contributed by atoms with Crippen LogP contribution in [0.2, 0.25) is 0 Å². The number of hydrogen-bond donors (Lipinski definition) is 0. The van der Waals surface area contributed by atoms with Gasteiger partial charge < -0.3 is 14.2 Å². The highest BCUT2D eigenvalue weighted by molar-refractivity contribution is 5.78. The minimum atomic E-state index is -0.546. The number of benzene rings is 1.